The average molecular weight is 520 g/mol. The number of rotatable bonds is 6. The maximum atomic E-state index is 14.4. The fourth-order valence-electron chi connectivity index (χ4n) is 4.66. The highest BCUT2D eigenvalue weighted by molar-refractivity contribution is 5.95. The van der Waals surface area contributed by atoms with Gasteiger partial charge in [-0.25, -0.2) is 14.4 Å². The molecule has 0 radical (unpaired) electrons. The van der Waals surface area contributed by atoms with Crippen LogP contribution in [0.1, 0.15) is 34.5 Å². The number of carbonyl (C=O) groups is 1. The Labute approximate surface area is 222 Å². The summed E-state index contributed by atoms with van der Waals surface area (Å²) in [6, 6.07) is 19.9. The minimum atomic E-state index is -0.602. The molecule has 0 fully saturated rings. The molecule has 3 heterocycles. The fourth-order valence-corrected chi connectivity index (χ4v) is 4.66. The van der Waals surface area contributed by atoms with E-state index in [4.69, 9.17) is 11.5 Å². The van der Waals surface area contributed by atoms with Gasteiger partial charge in [-0.3, -0.25) is 14.0 Å². The van der Waals surface area contributed by atoms with Crippen LogP contribution in [-0.2, 0) is 0 Å². The molecule has 5 rings (SSSR count). The molecule has 0 saturated heterocycles. The number of carbonyl (C=O) groups excluding carboxylic acids is 1. The summed E-state index contributed by atoms with van der Waals surface area (Å²) in [5.74, 6) is -0.941. The van der Waals surface area contributed by atoms with Crippen molar-refractivity contribution in [2.75, 3.05) is 11.1 Å². The Morgan fingerprint density at radius 2 is 1.72 bits per heavy atom. The molecule has 1 unspecified atom stereocenters. The third kappa shape index (κ3) is 4.53. The van der Waals surface area contributed by atoms with Crippen LogP contribution in [0.2, 0.25) is 0 Å². The lowest BCUT2D eigenvalue weighted by molar-refractivity contribution is 0.100. The van der Waals surface area contributed by atoms with Crippen LogP contribution < -0.4 is 22.3 Å². The summed E-state index contributed by atoms with van der Waals surface area (Å²) in [7, 11) is 0. The quantitative estimate of drug-likeness (QED) is 0.303. The predicted molar refractivity (Wildman–Crippen MR) is 146 cm³/mol. The number of hydrogen-bond acceptors (Lipinski definition) is 7. The van der Waals surface area contributed by atoms with E-state index in [2.05, 4.69) is 15.3 Å². The average Bonchev–Trinajstić information content (AvgIpc) is 2.94. The Bertz CT molecular complexity index is 1830. The first-order chi connectivity index (χ1) is 18.8. The second-order valence-electron chi connectivity index (χ2n) is 8.84. The number of primary amides is 1. The van der Waals surface area contributed by atoms with Gasteiger partial charge in [0.2, 0.25) is 5.91 Å². The molecule has 39 heavy (non-hydrogen) atoms. The van der Waals surface area contributed by atoms with Crippen LogP contribution in [0.25, 0.3) is 27.8 Å². The van der Waals surface area contributed by atoms with Gasteiger partial charge in [-0.1, -0.05) is 42.5 Å². The van der Waals surface area contributed by atoms with E-state index in [0.29, 0.717) is 38.9 Å². The zero-order valence-corrected chi connectivity index (χ0v) is 20.7. The summed E-state index contributed by atoms with van der Waals surface area (Å²) in [5.41, 5.74) is 14.5. The van der Waals surface area contributed by atoms with Gasteiger partial charge in [0.1, 0.15) is 35.4 Å². The summed E-state index contributed by atoms with van der Waals surface area (Å²) in [5, 5.41) is 12.9. The Morgan fingerprint density at radius 1 is 1.03 bits per heavy atom. The molecule has 0 saturated carbocycles. The van der Waals surface area contributed by atoms with Gasteiger partial charge in [0.15, 0.2) is 0 Å². The van der Waals surface area contributed by atoms with Crippen molar-refractivity contribution in [3.05, 3.63) is 112 Å². The van der Waals surface area contributed by atoms with Gasteiger partial charge in [-0.05, 0) is 47.9 Å². The molecule has 2 aromatic carbocycles. The van der Waals surface area contributed by atoms with Gasteiger partial charge in [-0.2, -0.15) is 5.26 Å². The van der Waals surface area contributed by atoms with Crippen molar-refractivity contribution in [3.8, 4) is 28.3 Å². The standard InChI is InChI=1S/C29H22FN7O2/c1-16(36-28-21(13-31)26(32)34-15-35-28)23-24(18-7-9-19(10-8-18)27(33)38)22-12-11-20(30)14-37(22)29(39)25(23)17-5-3-2-4-6-17/h2-12,14-16H,1H3,(H2,33,38)(H3,32,34,35,36). The summed E-state index contributed by atoms with van der Waals surface area (Å²) < 4.78 is 15.7. The fraction of sp³-hybridized carbons (Fsp3) is 0.0690. The maximum Gasteiger partial charge on any atom is 0.263 e. The summed E-state index contributed by atoms with van der Waals surface area (Å²) in [4.78, 5) is 33.8. The molecule has 192 valence electrons. The van der Waals surface area contributed by atoms with Crippen LogP contribution in [0.5, 0.6) is 0 Å². The van der Waals surface area contributed by atoms with E-state index in [0.717, 1.165) is 6.20 Å². The highest BCUT2D eigenvalue weighted by Gasteiger charge is 2.26. The van der Waals surface area contributed by atoms with Crippen molar-refractivity contribution in [1.29, 1.82) is 5.26 Å². The van der Waals surface area contributed by atoms with Gasteiger partial charge < -0.3 is 16.8 Å². The zero-order chi connectivity index (χ0) is 27.7. The second-order valence-corrected chi connectivity index (χ2v) is 8.84. The van der Waals surface area contributed by atoms with Crippen LogP contribution in [0.3, 0.4) is 0 Å². The van der Waals surface area contributed by atoms with Gasteiger partial charge >= 0.3 is 0 Å². The SMILES string of the molecule is CC(Nc1ncnc(N)c1C#N)c1c(-c2ccccc2)c(=O)n2cc(F)ccc2c1-c1ccc(C(N)=O)cc1. The number of aromatic nitrogens is 3. The van der Waals surface area contributed by atoms with Crippen molar-refractivity contribution >= 4 is 23.1 Å². The number of nitrogens with zero attached hydrogens (tertiary/aromatic N) is 4. The third-order valence-corrected chi connectivity index (χ3v) is 6.44. The number of nitrogen functional groups attached to an aromatic ring is 1. The van der Waals surface area contributed by atoms with E-state index in [1.165, 1.54) is 22.9 Å². The topological polar surface area (TPSA) is 152 Å². The maximum absolute atomic E-state index is 14.4. The number of fused-ring (bicyclic) bond motifs is 1. The van der Waals surface area contributed by atoms with Crippen molar-refractivity contribution < 1.29 is 9.18 Å². The van der Waals surface area contributed by atoms with Gasteiger partial charge in [0, 0.05) is 17.3 Å². The molecule has 0 spiro atoms. The first-order valence-electron chi connectivity index (χ1n) is 11.9. The van der Waals surface area contributed by atoms with E-state index >= 15 is 0 Å². The van der Waals surface area contributed by atoms with Crippen molar-refractivity contribution in [1.82, 2.24) is 14.4 Å². The van der Waals surface area contributed by atoms with Crippen LogP contribution in [0.15, 0.2) is 84.0 Å². The van der Waals surface area contributed by atoms with Crippen LogP contribution >= 0.6 is 0 Å². The number of pyridine rings is 2. The summed E-state index contributed by atoms with van der Waals surface area (Å²) >= 11 is 0. The molecular weight excluding hydrogens is 497 g/mol. The Hall–Kier alpha value is -5.56. The number of nitrogens with two attached hydrogens (primary N) is 2. The summed E-state index contributed by atoms with van der Waals surface area (Å²) in [6.45, 7) is 1.82. The van der Waals surface area contributed by atoms with E-state index in [1.54, 1.807) is 48.5 Å². The Morgan fingerprint density at radius 3 is 2.38 bits per heavy atom. The molecule has 0 aliphatic rings. The molecule has 0 bridgehead atoms. The molecule has 9 nitrogen and oxygen atoms in total. The van der Waals surface area contributed by atoms with E-state index in [-0.39, 0.29) is 17.2 Å². The molecule has 0 aliphatic carbocycles. The molecule has 5 N–H and O–H groups in total. The van der Waals surface area contributed by atoms with E-state index in [1.807, 2.05) is 19.1 Å². The molecule has 1 atom stereocenters. The zero-order valence-electron chi connectivity index (χ0n) is 20.7. The van der Waals surface area contributed by atoms with Gasteiger partial charge in [-0.15, -0.1) is 0 Å². The molecule has 3 aromatic heterocycles. The number of amides is 1. The number of hydrogen-bond donors (Lipinski definition) is 3. The smallest absolute Gasteiger partial charge is 0.263 e. The van der Waals surface area contributed by atoms with Crippen LogP contribution in [-0.4, -0.2) is 20.3 Å². The summed E-state index contributed by atoms with van der Waals surface area (Å²) in [6.07, 6.45) is 2.39. The van der Waals surface area contributed by atoms with Crippen LogP contribution in [0, 0.1) is 17.1 Å². The largest absolute Gasteiger partial charge is 0.382 e. The Balaban J connectivity index is 1.87. The van der Waals surface area contributed by atoms with Gasteiger partial charge in [0.05, 0.1) is 17.1 Å². The van der Waals surface area contributed by atoms with Crippen molar-refractivity contribution in [2.45, 2.75) is 13.0 Å². The highest BCUT2D eigenvalue weighted by atomic mass is 19.1. The van der Waals surface area contributed by atoms with Crippen molar-refractivity contribution in [3.63, 3.8) is 0 Å². The number of nitriles is 1. The second kappa shape index (κ2) is 10.1. The number of benzene rings is 2. The predicted octanol–water partition coefficient (Wildman–Crippen LogP) is 4.29. The molecule has 10 heteroatoms. The number of nitrogens with one attached hydrogen (secondary N) is 1. The van der Waals surface area contributed by atoms with E-state index in [9.17, 15) is 19.2 Å². The lowest BCUT2D eigenvalue weighted by atomic mass is 9.88. The van der Waals surface area contributed by atoms with E-state index < -0.39 is 23.3 Å². The molecule has 0 aliphatic heterocycles. The van der Waals surface area contributed by atoms with Gasteiger partial charge in [0.25, 0.3) is 5.56 Å². The highest BCUT2D eigenvalue weighted by Crippen LogP contribution is 2.39. The molecule has 1 amide bonds. The lowest BCUT2D eigenvalue weighted by Crippen LogP contribution is -2.23. The lowest BCUT2D eigenvalue weighted by Gasteiger charge is -2.25. The monoisotopic (exact) mass is 519 g/mol. The first kappa shape index (κ1) is 25.1. The van der Waals surface area contributed by atoms with Crippen molar-refractivity contribution in [2.24, 2.45) is 5.73 Å². The number of halogens is 1. The van der Waals surface area contributed by atoms with Crippen LogP contribution in [0.4, 0.5) is 16.0 Å². The number of anilines is 2. The minimum absolute atomic E-state index is 0.0156. The minimum Gasteiger partial charge on any atom is -0.382 e. The molecular formula is C29H22FN7O2. The first-order valence-corrected chi connectivity index (χ1v) is 11.9. The molecule has 5 aromatic rings. The third-order valence-electron chi connectivity index (χ3n) is 6.44. The Kier molecular flexibility index (Phi) is 6.48. The normalized spacial score (nSPS) is 11.6.